The van der Waals surface area contributed by atoms with E-state index in [-0.39, 0.29) is 12.0 Å². The molecule has 0 amide bonds. The topological polar surface area (TPSA) is 130 Å². The third-order valence-corrected chi connectivity index (χ3v) is 5.66. The molecule has 136 valence electrons. The number of nitrogens with zero attached hydrogens (tertiary/aromatic N) is 4. The SMILES string of the molecule is CS(=O)(=O)N1CCC(Nc2nc(N)nc3[nH]ncc23)Cc2ccccc21. The lowest BCUT2D eigenvalue weighted by Gasteiger charge is -2.22. The van der Waals surface area contributed by atoms with Crippen LogP contribution in [0.2, 0.25) is 0 Å². The highest BCUT2D eigenvalue weighted by molar-refractivity contribution is 7.92. The van der Waals surface area contributed by atoms with Crippen LogP contribution in [0.15, 0.2) is 30.5 Å². The molecule has 0 saturated carbocycles. The number of hydrogen-bond acceptors (Lipinski definition) is 7. The number of H-pyrrole nitrogens is 1. The number of nitrogen functional groups attached to an aromatic ring is 1. The summed E-state index contributed by atoms with van der Waals surface area (Å²) in [5.74, 6) is 0.743. The van der Waals surface area contributed by atoms with E-state index in [4.69, 9.17) is 5.73 Å². The van der Waals surface area contributed by atoms with Gasteiger partial charge in [-0.15, -0.1) is 0 Å². The summed E-state index contributed by atoms with van der Waals surface area (Å²) in [5.41, 5.74) is 8.04. The summed E-state index contributed by atoms with van der Waals surface area (Å²) in [5, 5.41) is 10.9. The normalized spacial score (nSPS) is 17.7. The number of anilines is 3. The van der Waals surface area contributed by atoms with Crippen LogP contribution in [0.3, 0.4) is 0 Å². The number of aromatic amines is 1. The molecule has 3 heterocycles. The molecule has 4 rings (SSSR count). The zero-order chi connectivity index (χ0) is 18.3. The summed E-state index contributed by atoms with van der Waals surface area (Å²) in [4.78, 5) is 8.40. The maximum atomic E-state index is 12.2. The third kappa shape index (κ3) is 3.03. The first kappa shape index (κ1) is 16.6. The fourth-order valence-electron chi connectivity index (χ4n) is 3.31. The van der Waals surface area contributed by atoms with Gasteiger partial charge in [0.05, 0.1) is 23.5 Å². The Labute approximate surface area is 150 Å². The molecular formula is C16H19N7O2S. The van der Waals surface area contributed by atoms with E-state index in [1.165, 1.54) is 10.6 Å². The fourth-order valence-corrected chi connectivity index (χ4v) is 4.28. The van der Waals surface area contributed by atoms with Crippen LogP contribution in [0.4, 0.5) is 17.5 Å². The molecule has 0 saturated heterocycles. The molecule has 0 aliphatic carbocycles. The molecule has 0 fully saturated rings. The predicted octanol–water partition coefficient (Wildman–Crippen LogP) is 1.13. The molecule has 10 heteroatoms. The van der Waals surface area contributed by atoms with Crippen molar-refractivity contribution in [2.45, 2.75) is 18.9 Å². The van der Waals surface area contributed by atoms with Gasteiger partial charge in [-0.1, -0.05) is 18.2 Å². The smallest absolute Gasteiger partial charge is 0.232 e. The van der Waals surface area contributed by atoms with Crippen LogP contribution in [0.25, 0.3) is 11.0 Å². The van der Waals surface area contributed by atoms with Crippen molar-refractivity contribution in [3.63, 3.8) is 0 Å². The van der Waals surface area contributed by atoms with Crippen molar-refractivity contribution < 1.29 is 8.42 Å². The zero-order valence-corrected chi connectivity index (χ0v) is 15.0. The van der Waals surface area contributed by atoms with Gasteiger partial charge in [0.15, 0.2) is 5.65 Å². The Hall–Kier alpha value is -2.88. The molecule has 1 atom stereocenters. The van der Waals surface area contributed by atoms with Crippen LogP contribution in [-0.4, -0.2) is 47.4 Å². The standard InChI is InChI=1S/C16H19N7O2S/c1-26(24,25)23-7-6-11(8-10-4-2-3-5-13(10)23)19-14-12-9-18-22-15(12)21-16(17)20-14/h2-5,9,11H,6-8H2,1H3,(H4,17,18,19,20,21,22). The summed E-state index contributed by atoms with van der Waals surface area (Å²) in [6.07, 6.45) is 4.18. The fraction of sp³-hybridized carbons (Fsp3) is 0.312. The van der Waals surface area contributed by atoms with Gasteiger partial charge in [0.2, 0.25) is 16.0 Å². The van der Waals surface area contributed by atoms with Gasteiger partial charge in [-0.2, -0.15) is 15.1 Å². The van der Waals surface area contributed by atoms with Crippen LogP contribution < -0.4 is 15.4 Å². The summed E-state index contributed by atoms with van der Waals surface area (Å²) in [7, 11) is -3.35. The Balaban J connectivity index is 1.68. The van der Waals surface area contributed by atoms with Gasteiger partial charge in [-0.3, -0.25) is 9.40 Å². The average Bonchev–Trinajstić information content (AvgIpc) is 2.95. The largest absolute Gasteiger partial charge is 0.368 e. The highest BCUT2D eigenvalue weighted by Gasteiger charge is 2.27. The van der Waals surface area contributed by atoms with E-state index >= 15 is 0 Å². The minimum Gasteiger partial charge on any atom is -0.368 e. The van der Waals surface area contributed by atoms with E-state index < -0.39 is 10.0 Å². The molecule has 3 aromatic rings. The number of nitrogens with one attached hydrogen (secondary N) is 2. The lowest BCUT2D eigenvalue weighted by Crippen LogP contribution is -2.32. The number of hydrogen-bond donors (Lipinski definition) is 3. The van der Waals surface area contributed by atoms with Crippen molar-refractivity contribution in [3.8, 4) is 0 Å². The highest BCUT2D eigenvalue weighted by atomic mass is 32.2. The first-order valence-corrected chi connectivity index (χ1v) is 10.1. The van der Waals surface area contributed by atoms with Crippen molar-refractivity contribution in [2.24, 2.45) is 0 Å². The van der Waals surface area contributed by atoms with Crippen molar-refractivity contribution in [1.82, 2.24) is 20.2 Å². The average molecular weight is 373 g/mol. The minimum atomic E-state index is -3.35. The van der Waals surface area contributed by atoms with Crippen molar-refractivity contribution in [2.75, 3.05) is 28.2 Å². The second-order valence-electron chi connectivity index (χ2n) is 6.36. The lowest BCUT2D eigenvalue weighted by molar-refractivity contribution is 0.593. The van der Waals surface area contributed by atoms with Crippen LogP contribution in [-0.2, 0) is 16.4 Å². The minimum absolute atomic E-state index is 0.00435. The van der Waals surface area contributed by atoms with E-state index in [2.05, 4.69) is 25.5 Å². The second kappa shape index (κ2) is 6.13. The second-order valence-corrected chi connectivity index (χ2v) is 8.27. The number of sulfonamides is 1. The molecule has 0 radical (unpaired) electrons. The molecule has 1 aliphatic rings. The van der Waals surface area contributed by atoms with Gasteiger partial charge in [-0.05, 0) is 24.5 Å². The Kier molecular flexibility index (Phi) is 3.91. The van der Waals surface area contributed by atoms with E-state index in [0.29, 0.717) is 30.9 Å². The molecule has 9 nitrogen and oxygen atoms in total. The van der Waals surface area contributed by atoms with E-state index in [1.807, 2.05) is 24.3 Å². The predicted molar refractivity (Wildman–Crippen MR) is 100 cm³/mol. The number of para-hydroxylation sites is 1. The van der Waals surface area contributed by atoms with Crippen molar-refractivity contribution in [1.29, 1.82) is 0 Å². The van der Waals surface area contributed by atoms with Gasteiger partial charge in [-0.25, -0.2) is 8.42 Å². The summed E-state index contributed by atoms with van der Waals surface area (Å²) < 4.78 is 25.9. The maximum Gasteiger partial charge on any atom is 0.232 e. The van der Waals surface area contributed by atoms with Gasteiger partial charge >= 0.3 is 0 Å². The lowest BCUT2D eigenvalue weighted by atomic mass is 10.0. The van der Waals surface area contributed by atoms with Crippen molar-refractivity contribution >= 4 is 38.5 Å². The van der Waals surface area contributed by atoms with Gasteiger partial charge in [0.1, 0.15) is 5.82 Å². The number of rotatable bonds is 3. The van der Waals surface area contributed by atoms with Gasteiger partial charge in [0, 0.05) is 12.6 Å². The molecule has 1 aromatic carbocycles. The van der Waals surface area contributed by atoms with Crippen LogP contribution in [0, 0.1) is 0 Å². The number of aromatic nitrogens is 4. The summed E-state index contributed by atoms with van der Waals surface area (Å²) in [6.45, 7) is 0.391. The first-order chi connectivity index (χ1) is 12.4. The Morgan fingerprint density at radius 3 is 2.92 bits per heavy atom. The highest BCUT2D eigenvalue weighted by Crippen LogP contribution is 2.30. The quantitative estimate of drug-likeness (QED) is 0.627. The maximum absolute atomic E-state index is 12.2. The molecule has 1 aliphatic heterocycles. The Bertz CT molecular complexity index is 1060. The van der Waals surface area contributed by atoms with E-state index in [1.54, 1.807) is 6.20 Å². The first-order valence-electron chi connectivity index (χ1n) is 8.20. The third-order valence-electron chi connectivity index (χ3n) is 4.48. The van der Waals surface area contributed by atoms with E-state index in [9.17, 15) is 8.42 Å². The number of fused-ring (bicyclic) bond motifs is 2. The van der Waals surface area contributed by atoms with E-state index in [0.717, 1.165) is 16.6 Å². The molecule has 4 N–H and O–H groups in total. The molecule has 2 aromatic heterocycles. The van der Waals surface area contributed by atoms with Crippen LogP contribution in [0.1, 0.15) is 12.0 Å². The molecule has 0 spiro atoms. The van der Waals surface area contributed by atoms with Crippen molar-refractivity contribution in [3.05, 3.63) is 36.0 Å². The molecule has 0 bridgehead atoms. The monoisotopic (exact) mass is 373 g/mol. The van der Waals surface area contributed by atoms with Crippen LogP contribution >= 0.6 is 0 Å². The Morgan fingerprint density at radius 1 is 1.31 bits per heavy atom. The van der Waals surface area contributed by atoms with Gasteiger partial charge < -0.3 is 11.1 Å². The number of benzene rings is 1. The van der Waals surface area contributed by atoms with Gasteiger partial charge in [0.25, 0.3) is 0 Å². The number of nitrogens with two attached hydrogens (primary N) is 1. The van der Waals surface area contributed by atoms with Crippen LogP contribution in [0.5, 0.6) is 0 Å². The summed E-state index contributed by atoms with van der Waals surface area (Å²) in [6, 6.07) is 7.56. The molecule has 1 unspecified atom stereocenters. The summed E-state index contributed by atoms with van der Waals surface area (Å²) >= 11 is 0. The molecular weight excluding hydrogens is 354 g/mol. The Morgan fingerprint density at radius 2 is 2.12 bits per heavy atom. The molecule has 26 heavy (non-hydrogen) atoms. The zero-order valence-electron chi connectivity index (χ0n) is 14.2.